The summed E-state index contributed by atoms with van der Waals surface area (Å²) in [7, 11) is 0. The largest absolute Gasteiger partial charge is 0.481 e. The third-order valence-corrected chi connectivity index (χ3v) is 4.53. The summed E-state index contributed by atoms with van der Waals surface area (Å²) in [4.78, 5) is 35.5. The van der Waals surface area contributed by atoms with Gasteiger partial charge in [-0.05, 0) is 30.2 Å². The molecular weight excluding hydrogens is 357 g/mol. The summed E-state index contributed by atoms with van der Waals surface area (Å²) in [6, 6.07) is 4.21. The Morgan fingerprint density at radius 1 is 1.38 bits per heavy atom. The number of carboxylic acids is 2. The van der Waals surface area contributed by atoms with Gasteiger partial charge in [0.15, 0.2) is 0 Å². The quantitative estimate of drug-likeness (QED) is 0.587. The van der Waals surface area contributed by atoms with E-state index in [0.29, 0.717) is 5.56 Å². The zero-order valence-electron chi connectivity index (χ0n) is 12.1. The van der Waals surface area contributed by atoms with Crippen molar-refractivity contribution in [2.24, 2.45) is 0 Å². The smallest absolute Gasteiger partial charge is 0.326 e. The van der Waals surface area contributed by atoms with E-state index < -0.39 is 36.1 Å². The Balaban J connectivity index is 2.26. The summed E-state index contributed by atoms with van der Waals surface area (Å²) in [5.74, 6) is -3.60. The van der Waals surface area contributed by atoms with Crippen LogP contribution >= 0.6 is 24.0 Å². The van der Waals surface area contributed by atoms with Gasteiger partial charge in [0.1, 0.15) is 16.2 Å². The lowest BCUT2D eigenvalue weighted by molar-refractivity contribution is -0.146. The number of carboxylic acid groups (broad SMARTS) is 2. The second-order valence-electron chi connectivity index (χ2n) is 4.89. The first kappa shape index (κ1) is 18.1. The molecule has 126 valence electrons. The summed E-state index contributed by atoms with van der Waals surface area (Å²) < 4.78 is 13.2. The van der Waals surface area contributed by atoms with E-state index in [9.17, 15) is 23.9 Å². The molecule has 0 aliphatic carbocycles. The zero-order valence-corrected chi connectivity index (χ0v) is 13.8. The molecule has 2 rings (SSSR count). The van der Waals surface area contributed by atoms with Crippen molar-refractivity contribution in [3.63, 3.8) is 0 Å². The SMILES string of the molecule is O=C(O)CC[C@@H](C(=O)O)N1C(=O)/C(=C\c2cccc(F)c2)SC1=S. The van der Waals surface area contributed by atoms with Crippen LogP contribution in [-0.2, 0) is 14.4 Å². The number of benzene rings is 1. The highest BCUT2D eigenvalue weighted by Crippen LogP contribution is 2.35. The van der Waals surface area contributed by atoms with Crippen LogP contribution in [0.3, 0.4) is 0 Å². The van der Waals surface area contributed by atoms with E-state index in [1.165, 1.54) is 24.3 Å². The normalized spacial score (nSPS) is 17.4. The molecule has 0 radical (unpaired) electrons. The molecule has 1 aromatic carbocycles. The minimum absolute atomic E-state index is 0.0282. The molecule has 0 aromatic heterocycles. The van der Waals surface area contributed by atoms with Crippen molar-refractivity contribution in [1.82, 2.24) is 4.90 Å². The average Bonchev–Trinajstić information content (AvgIpc) is 2.74. The number of rotatable bonds is 6. The Morgan fingerprint density at radius 2 is 2.08 bits per heavy atom. The second-order valence-corrected chi connectivity index (χ2v) is 6.57. The van der Waals surface area contributed by atoms with E-state index in [4.69, 9.17) is 17.3 Å². The van der Waals surface area contributed by atoms with E-state index in [1.54, 1.807) is 6.07 Å². The molecule has 1 fully saturated rings. The van der Waals surface area contributed by atoms with Gasteiger partial charge in [-0.2, -0.15) is 0 Å². The maximum Gasteiger partial charge on any atom is 0.326 e. The number of carbonyl (C=O) groups is 3. The van der Waals surface area contributed by atoms with Crippen molar-refractivity contribution in [2.75, 3.05) is 0 Å². The third-order valence-electron chi connectivity index (χ3n) is 3.20. The van der Waals surface area contributed by atoms with Crippen LogP contribution in [0.4, 0.5) is 4.39 Å². The van der Waals surface area contributed by atoms with E-state index in [0.717, 1.165) is 16.7 Å². The molecule has 0 unspecified atom stereocenters. The van der Waals surface area contributed by atoms with Crippen LogP contribution in [0.2, 0.25) is 0 Å². The summed E-state index contributed by atoms with van der Waals surface area (Å²) in [6.07, 6.45) is 0.750. The van der Waals surface area contributed by atoms with Gasteiger partial charge in [0.25, 0.3) is 5.91 Å². The topological polar surface area (TPSA) is 94.9 Å². The molecule has 1 aliphatic rings. The van der Waals surface area contributed by atoms with Gasteiger partial charge in [0, 0.05) is 6.42 Å². The fourth-order valence-electron chi connectivity index (χ4n) is 2.12. The van der Waals surface area contributed by atoms with Gasteiger partial charge in [-0.3, -0.25) is 14.5 Å². The molecule has 1 heterocycles. The first-order valence-corrected chi connectivity index (χ1v) is 7.99. The third kappa shape index (κ3) is 4.18. The summed E-state index contributed by atoms with van der Waals surface area (Å²) in [5, 5.41) is 18.0. The number of aliphatic carboxylic acids is 2. The lowest BCUT2D eigenvalue weighted by Crippen LogP contribution is -2.44. The minimum atomic E-state index is -1.35. The molecule has 0 bridgehead atoms. The van der Waals surface area contributed by atoms with Gasteiger partial charge in [0.2, 0.25) is 0 Å². The van der Waals surface area contributed by atoms with Crippen LogP contribution in [0.5, 0.6) is 0 Å². The fourth-order valence-corrected chi connectivity index (χ4v) is 3.48. The average molecular weight is 369 g/mol. The van der Waals surface area contributed by atoms with Gasteiger partial charge < -0.3 is 10.2 Å². The molecule has 1 aromatic rings. The second kappa shape index (κ2) is 7.54. The molecular formula is C15H12FNO5S2. The minimum Gasteiger partial charge on any atom is -0.481 e. The monoisotopic (exact) mass is 369 g/mol. The van der Waals surface area contributed by atoms with Crippen LogP contribution in [0.1, 0.15) is 18.4 Å². The fraction of sp³-hybridized carbons (Fsp3) is 0.200. The van der Waals surface area contributed by atoms with Crippen molar-refractivity contribution in [3.05, 3.63) is 40.6 Å². The Morgan fingerprint density at radius 3 is 2.67 bits per heavy atom. The van der Waals surface area contributed by atoms with Gasteiger partial charge in [-0.1, -0.05) is 36.1 Å². The Labute approximate surface area is 146 Å². The zero-order chi connectivity index (χ0) is 17.9. The van der Waals surface area contributed by atoms with Gasteiger partial charge in [-0.25, -0.2) is 9.18 Å². The number of hydrogen-bond acceptors (Lipinski definition) is 5. The maximum absolute atomic E-state index is 13.2. The number of thiocarbonyl (C=S) groups is 1. The first-order chi connectivity index (χ1) is 11.3. The molecule has 1 atom stereocenters. The number of hydrogen-bond donors (Lipinski definition) is 2. The molecule has 9 heteroatoms. The molecule has 24 heavy (non-hydrogen) atoms. The number of nitrogens with zero attached hydrogens (tertiary/aromatic N) is 1. The van der Waals surface area contributed by atoms with Gasteiger partial charge in [0.05, 0.1) is 4.91 Å². The van der Waals surface area contributed by atoms with E-state index in [-0.39, 0.29) is 15.6 Å². The predicted octanol–water partition coefficient (Wildman–Crippen LogP) is 2.34. The van der Waals surface area contributed by atoms with Gasteiger partial charge in [-0.15, -0.1) is 0 Å². The number of amides is 1. The molecule has 2 N–H and O–H groups in total. The Hall–Kier alpha value is -2.26. The summed E-state index contributed by atoms with van der Waals surface area (Å²) in [5.41, 5.74) is 0.438. The first-order valence-electron chi connectivity index (χ1n) is 6.77. The summed E-state index contributed by atoms with van der Waals surface area (Å²) >= 11 is 5.95. The van der Waals surface area contributed by atoms with Crippen molar-refractivity contribution in [3.8, 4) is 0 Å². The molecule has 1 aliphatic heterocycles. The standard InChI is InChI=1S/C15H12FNO5S2/c16-9-3-1-2-8(6-9)7-11-13(20)17(15(23)24-11)10(14(21)22)4-5-12(18)19/h1-3,6-7,10H,4-5H2,(H,18,19)(H,21,22)/b11-7+/t10-/m0/s1. The number of halogens is 1. The van der Waals surface area contributed by atoms with Crippen LogP contribution in [0.15, 0.2) is 29.2 Å². The van der Waals surface area contributed by atoms with E-state index in [1.807, 2.05) is 0 Å². The van der Waals surface area contributed by atoms with E-state index >= 15 is 0 Å². The Bertz CT molecular complexity index is 749. The highest BCUT2D eigenvalue weighted by Gasteiger charge is 2.40. The number of thioether (sulfide) groups is 1. The molecule has 1 amide bonds. The van der Waals surface area contributed by atoms with Crippen LogP contribution in [-0.4, -0.2) is 43.3 Å². The molecule has 0 saturated carbocycles. The van der Waals surface area contributed by atoms with Crippen molar-refractivity contribution >= 4 is 52.2 Å². The van der Waals surface area contributed by atoms with Crippen LogP contribution in [0, 0.1) is 5.82 Å². The number of carbonyl (C=O) groups excluding carboxylic acids is 1. The lowest BCUT2D eigenvalue weighted by Gasteiger charge is -2.22. The van der Waals surface area contributed by atoms with Crippen molar-refractivity contribution in [1.29, 1.82) is 0 Å². The maximum atomic E-state index is 13.2. The molecule has 6 nitrogen and oxygen atoms in total. The van der Waals surface area contributed by atoms with Crippen molar-refractivity contribution < 1.29 is 29.0 Å². The highest BCUT2D eigenvalue weighted by molar-refractivity contribution is 8.26. The van der Waals surface area contributed by atoms with E-state index in [2.05, 4.69) is 0 Å². The van der Waals surface area contributed by atoms with Crippen LogP contribution < -0.4 is 0 Å². The summed E-state index contributed by atoms with van der Waals surface area (Å²) in [6.45, 7) is 0. The van der Waals surface area contributed by atoms with Gasteiger partial charge >= 0.3 is 11.9 Å². The van der Waals surface area contributed by atoms with Crippen LogP contribution in [0.25, 0.3) is 6.08 Å². The Kier molecular flexibility index (Phi) is 5.68. The predicted molar refractivity (Wildman–Crippen MR) is 89.7 cm³/mol. The highest BCUT2D eigenvalue weighted by atomic mass is 32.2. The van der Waals surface area contributed by atoms with Crippen molar-refractivity contribution in [2.45, 2.75) is 18.9 Å². The molecule has 1 saturated heterocycles. The molecule has 0 spiro atoms. The lowest BCUT2D eigenvalue weighted by atomic mass is 10.1.